The summed E-state index contributed by atoms with van der Waals surface area (Å²) in [5, 5.41) is 0.499. The van der Waals surface area contributed by atoms with Crippen LogP contribution in [-0.4, -0.2) is 9.97 Å². The van der Waals surface area contributed by atoms with Crippen LogP contribution in [0.4, 0.5) is 0 Å². The van der Waals surface area contributed by atoms with E-state index in [1.165, 1.54) is 11.9 Å². The molecule has 0 radical (unpaired) electrons. The van der Waals surface area contributed by atoms with Gasteiger partial charge in [-0.3, -0.25) is 0 Å². The summed E-state index contributed by atoms with van der Waals surface area (Å²) in [6.07, 6.45) is 2.51. The molecule has 2 aromatic rings. The second kappa shape index (κ2) is 5.08. The van der Waals surface area contributed by atoms with Gasteiger partial charge < -0.3 is 0 Å². The average molecular weight is 233 g/mol. The van der Waals surface area contributed by atoms with E-state index in [-0.39, 0.29) is 0 Å². The van der Waals surface area contributed by atoms with Gasteiger partial charge in [0.2, 0.25) is 0 Å². The highest BCUT2D eigenvalue weighted by molar-refractivity contribution is 6.29. The Labute approximate surface area is 100 Å². The number of aromatic nitrogens is 2. The molecule has 82 valence electrons. The standard InChI is InChI=1S/C13H13ClN2/c1-2-11(10-6-4-3-5-7-10)12-8-13(14)16-9-15-12/h3-9,11H,2H2,1H3/t11-/m1/s1. The van der Waals surface area contributed by atoms with E-state index < -0.39 is 0 Å². The van der Waals surface area contributed by atoms with Crippen LogP contribution in [0.1, 0.15) is 30.5 Å². The predicted octanol–water partition coefficient (Wildman–Crippen LogP) is 3.67. The van der Waals surface area contributed by atoms with Crippen LogP contribution in [0.3, 0.4) is 0 Å². The minimum atomic E-state index is 0.293. The van der Waals surface area contributed by atoms with Gasteiger partial charge in [-0.25, -0.2) is 9.97 Å². The topological polar surface area (TPSA) is 25.8 Å². The summed E-state index contributed by atoms with van der Waals surface area (Å²) in [6, 6.07) is 12.2. The lowest BCUT2D eigenvalue weighted by Gasteiger charge is -2.14. The van der Waals surface area contributed by atoms with Crippen molar-refractivity contribution in [3.05, 3.63) is 59.1 Å². The third kappa shape index (κ3) is 2.39. The van der Waals surface area contributed by atoms with Crippen LogP contribution in [0.15, 0.2) is 42.7 Å². The van der Waals surface area contributed by atoms with Gasteiger partial charge in [0.1, 0.15) is 11.5 Å². The number of nitrogens with zero attached hydrogens (tertiary/aromatic N) is 2. The molecule has 0 fully saturated rings. The van der Waals surface area contributed by atoms with Gasteiger partial charge in [-0.2, -0.15) is 0 Å². The van der Waals surface area contributed by atoms with E-state index in [0.29, 0.717) is 11.1 Å². The largest absolute Gasteiger partial charge is 0.241 e. The van der Waals surface area contributed by atoms with Crippen molar-refractivity contribution in [1.29, 1.82) is 0 Å². The summed E-state index contributed by atoms with van der Waals surface area (Å²) < 4.78 is 0. The van der Waals surface area contributed by atoms with Crippen LogP contribution in [0, 0.1) is 0 Å². The van der Waals surface area contributed by atoms with Crippen LogP contribution in [-0.2, 0) is 0 Å². The summed E-state index contributed by atoms with van der Waals surface area (Å²) in [5.74, 6) is 0.293. The zero-order valence-corrected chi connectivity index (χ0v) is 9.85. The van der Waals surface area contributed by atoms with Crippen molar-refractivity contribution in [2.24, 2.45) is 0 Å². The highest BCUT2D eigenvalue weighted by atomic mass is 35.5. The molecule has 1 heterocycles. The Bertz CT molecular complexity index is 456. The Morgan fingerprint density at radius 2 is 1.94 bits per heavy atom. The second-order valence-electron chi connectivity index (χ2n) is 3.64. The summed E-state index contributed by atoms with van der Waals surface area (Å²) in [7, 11) is 0. The minimum absolute atomic E-state index is 0.293. The van der Waals surface area contributed by atoms with Gasteiger partial charge in [-0.1, -0.05) is 48.9 Å². The lowest BCUT2D eigenvalue weighted by atomic mass is 9.93. The summed E-state index contributed by atoms with van der Waals surface area (Å²) in [4.78, 5) is 8.20. The van der Waals surface area contributed by atoms with Crippen LogP contribution < -0.4 is 0 Å². The predicted molar refractivity (Wildman–Crippen MR) is 65.6 cm³/mol. The smallest absolute Gasteiger partial charge is 0.132 e. The van der Waals surface area contributed by atoms with Gasteiger partial charge in [0.25, 0.3) is 0 Å². The minimum Gasteiger partial charge on any atom is -0.241 e. The quantitative estimate of drug-likeness (QED) is 0.755. The zero-order valence-electron chi connectivity index (χ0n) is 9.10. The molecule has 2 nitrogen and oxygen atoms in total. The molecule has 0 spiro atoms. The lowest BCUT2D eigenvalue weighted by Crippen LogP contribution is -2.02. The SMILES string of the molecule is CC[C@H](c1ccccc1)c1cc(Cl)ncn1. The van der Waals surface area contributed by atoms with E-state index in [4.69, 9.17) is 11.6 Å². The third-order valence-electron chi connectivity index (χ3n) is 2.62. The van der Waals surface area contributed by atoms with Gasteiger partial charge in [-0.15, -0.1) is 0 Å². The Kier molecular flexibility index (Phi) is 3.52. The van der Waals surface area contributed by atoms with Crippen molar-refractivity contribution in [2.45, 2.75) is 19.3 Å². The average Bonchev–Trinajstić information content (AvgIpc) is 2.31. The summed E-state index contributed by atoms with van der Waals surface area (Å²) >= 11 is 5.88. The van der Waals surface area contributed by atoms with Crippen LogP contribution in [0.25, 0.3) is 0 Å². The summed E-state index contributed by atoms with van der Waals surface area (Å²) in [6.45, 7) is 2.15. The fourth-order valence-corrected chi connectivity index (χ4v) is 1.99. The Balaban J connectivity index is 2.37. The third-order valence-corrected chi connectivity index (χ3v) is 2.83. The van der Waals surface area contributed by atoms with Crippen LogP contribution in [0.5, 0.6) is 0 Å². The van der Waals surface area contributed by atoms with E-state index in [1.807, 2.05) is 24.3 Å². The number of hydrogen-bond acceptors (Lipinski definition) is 2. The highest BCUT2D eigenvalue weighted by Crippen LogP contribution is 2.26. The molecule has 0 saturated carbocycles. The van der Waals surface area contributed by atoms with Crippen molar-refractivity contribution in [1.82, 2.24) is 9.97 Å². The van der Waals surface area contributed by atoms with Crippen molar-refractivity contribution in [3.63, 3.8) is 0 Å². The van der Waals surface area contributed by atoms with E-state index in [1.54, 1.807) is 0 Å². The number of halogens is 1. The molecule has 0 aliphatic carbocycles. The van der Waals surface area contributed by atoms with Crippen molar-refractivity contribution in [2.75, 3.05) is 0 Å². The van der Waals surface area contributed by atoms with Gasteiger partial charge in [-0.05, 0) is 18.1 Å². The lowest BCUT2D eigenvalue weighted by molar-refractivity contribution is 0.745. The molecule has 0 saturated heterocycles. The Morgan fingerprint density at radius 3 is 2.56 bits per heavy atom. The molecule has 3 heteroatoms. The Morgan fingerprint density at radius 1 is 1.19 bits per heavy atom. The van der Waals surface area contributed by atoms with E-state index in [0.717, 1.165) is 12.1 Å². The van der Waals surface area contributed by atoms with Crippen molar-refractivity contribution < 1.29 is 0 Å². The molecule has 2 rings (SSSR count). The molecular formula is C13H13ClN2. The molecule has 0 unspecified atom stereocenters. The van der Waals surface area contributed by atoms with Crippen LogP contribution in [0.2, 0.25) is 5.15 Å². The van der Waals surface area contributed by atoms with Gasteiger partial charge in [0.05, 0.1) is 5.69 Å². The van der Waals surface area contributed by atoms with E-state index >= 15 is 0 Å². The molecule has 0 bridgehead atoms. The fraction of sp³-hybridized carbons (Fsp3) is 0.231. The number of rotatable bonds is 3. The van der Waals surface area contributed by atoms with Gasteiger partial charge >= 0.3 is 0 Å². The van der Waals surface area contributed by atoms with E-state index in [9.17, 15) is 0 Å². The summed E-state index contributed by atoms with van der Waals surface area (Å²) in [5.41, 5.74) is 2.24. The molecule has 16 heavy (non-hydrogen) atoms. The maximum atomic E-state index is 5.88. The number of hydrogen-bond donors (Lipinski definition) is 0. The highest BCUT2D eigenvalue weighted by Gasteiger charge is 2.13. The number of benzene rings is 1. The second-order valence-corrected chi connectivity index (χ2v) is 4.02. The monoisotopic (exact) mass is 232 g/mol. The van der Waals surface area contributed by atoms with Gasteiger partial charge in [0.15, 0.2) is 0 Å². The van der Waals surface area contributed by atoms with Crippen molar-refractivity contribution in [3.8, 4) is 0 Å². The van der Waals surface area contributed by atoms with Gasteiger partial charge in [0, 0.05) is 5.92 Å². The maximum Gasteiger partial charge on any atom is 0.132 e. The molecule has 0 aliphatic rings. The first kappa shape index (κ1) is 11.1. The first-order chi connectivity index (χ1) is 7.81. The van der Waals surface area contributed by atoms with Crippen molar-refractivity contribution >= 4 is 11.6 Å². The molecular weight excluding hydrogens is 220 g/mol. The normalized spacial score (nSPS) is 12.4. The molecule has 0 N–H and O–H groups in total. The first-order valence-electron chi connectivity index (χ1n) is 5.33. The molecule has 1 aromatic heterocycles. The maximum absolute atomic E-state index is 5.88. The zero-order chi connectivity index (χ0) is 11.4. The Hall–Kier alpha value is -1.41. The fourth-order valence-electron chi connectivity index (χ4n) is 1.84. The van der Waals surface area contributed by atoms with Crippen LogP contribution >= 0.6 is 11.6 Å². The van der Waals surface area contributed by atoms with E-state index in [2.05, 4.69) is 29.0 Å². The molecule has 0 amide bonds. The molecule has 0 aliphatic heterocycles. The first-order valence-corrected chi connectivity index (χ1v) is 5.71. The molecule has 1 atom stereocenters. The molecule has 1 aromatic carbocycles.